The van der Waals surface area contributed by atoms with E-state index in [1.165, 1.54) is 6.07 Å². The highest BCUT2D eigenvalue weighted by molar-refractivity contribution is 6.31. The molecular formula is C16H21ClFN3. The summed E-state index contributed by atoms with van der Waals surface area (Å²) in [5.41, 5.74) is 2.73. The number of aromatic nitrogens is 2. The van der Waals surface area contributed by atoms with E-state index in [1.807, 2.05) is 18.7 Å². The van der Waals surface area contributed by atoms with Crippen molar-refractivity contribution in [2.75, 3.05) is 7.05 Å². The van der Waals surface area contributed by atoms with Gasteiger partial charge in [-0.25, -0.2) is 4.39 Å². The van der Waals surface area contributed by atoms with Crippen LogP contribution >= 0.6 is 11.6 Å². The number of aryl methyl sites for hydroxylation is 2. The zero-order valence-corrected chi connectivity index (χ0v) is 13.4. The molecule has 0 amide bonds. The monoisotopic (exact) mass is 309 g/mol. The summed E-state index contributed by atoms with van der Waals surface area (Å²) in [6.45, 7) is 4.88. The maximum absolute atomic E-state index is 13.9. The minimum Gasteiger partial charge on any atom is -0.316 e. The van der Waals surface area contributed by atoms with Gasteiger partial charge in [0.25, 0.3) is 0 Å². The van der Waals surface area contributed by atoms with Gasteiger partial charge in [0.1, 0.15) is 5.82 Å². The second kappa shape index (κ2) is 7.05. The molecule has 114 valence electrons. The minimum atomic E-state index is -0.247. The van der Waals surface area contributed by atoms with Gasteiger partial charge in [-0.3, -0.25) is 4.68 Å². The van der Waals surface area contributed by atoms with Crippen LogP contribution in [-0.2, 0) is 19.4 Å². The van der Waals surface area contributed by atoms with Gasteiger partial charge >= 0.3 is 0 Å². The van der Waals surface area contributed by atoms with Crippen molar-refractivity contribution in [3.05, 3.63) is 52.1 Å². The SMILES string of the molecule is CCn1nc(C)cc1CC(Cc1c(F)cccc1Cl)NC. The van der Waals surface area contributed by atoms with E-state index in [-0.39, 0.29) is 11.9 Å². The molecule has 1 unspecified atom stereocenters. The fourth-order valence-electron chi connectivity index (χ4n) is 2.54. The van der Waals surface area contributed by atoms with E-state index >= 15 is 0 Å². The molecule has 1 N–H and O–H groups in total. The Morgan fingerprint density at radius 2 is 2.14 bits per heavy atom. The number of hydrogen-bond acceptors (Lipinski definition) is 2. The van der Waals surface area contributed by atoms with Gasteiger partial charge in [-0.05, 0) is 45.5 Å². The predicted octanol–water partition coefficient (Wildman–Crippen LogP) is 3.38. The largest absolute Gasteiger partial charge is 0.316 e. The summed E-state index contributed by atoms with van der Waals surface area (Å²) in [6, 6.07) is 7.00. The Morgan fingerprint density at radius 1 is 1.38 bits per heavy atom. The highest BCUT2D eigenvalue weighted by Gasteiger charge is 2.16. The molecule has 3 nitrogen and oxygen atoms in total. The normalized spacial score (nSPS) is 12.6. The Bertz CT molecular complexity index is 589. The van der Waals surface area contributed by atoms with Crippen molar-refractivity contribution >= 4 is 11.6 Å². The molecule has 1 aromatic carbocycles. The van der Waals surface area contributed by atoms with Crippen molar-refractivity contribution in [2.45, 2.75) is 39.3 Å². The van der Waals surface area contributed by atoms with E-state index in [0.29, 0.717) is 17.0 Å². The van der Waals surface area contributed by atoms with E-state index in [1.54, 1.807) is 12.1 Å². The van der Waals surface area contributed by atoms with Crippen LogP contribution in [0.15, 0.2) is 24.3 Å². The molecule has 5 heteroatoms. The highest BCUT2D eigenvalue weighted by Crippen LogP contribution is 2.21. The van der Waals surface area contributed by atoms with Gasteiger partial charge in [0, 0.05) is 35.3 Å². The van der Waals surface area contributed by atoms with Gasteiger partial charge in [0.2, 0.25) is 0 Å². The van der Waals surface area contributed by atoms with Crippen LogP contribution in [0.2, 0.25) is 5.02 Å². The average Bonchev–Trinajstić information content (AvgIpc) is 2.81. The standard InChI is InChI=1S/C16H21ClFN3/c1-4-21-13(8-11(2)20-21)9-12(19-3)10-14-15(17)6-5-7-16(14)18/h5-8,12,19H,4,9-10H2,1-3H3. The van der Waals surface area contributed by atoms with Crippen molar-refractivity contribution in [3.63, 3.8) is 0 Å². The van der Waals surface area contributed by atoms with E-state index in [0.717, 1.165) is 24.4 Å². The molecule has 0 saturated heterocycles. The Balaban J connectivity index is 2.17. The van der Waals surface area contributed by atoms with Crippen LogP contribution in [0.5, 0.6) is 0 Å². The fourth-order valence-corrected chi connectivity index (χ4v) is 2.78. The molecule has 1 aromatic heterocycles. The zero-order valence-electron chi connectivity index (χ0n) is 12.7. The molecule has 0 spiro atoms. The lowest BCUT2D eigenvalue weighted by atomic mass is 10.0. The van der Waals surface area contributed by atoms with Crippen LogP contribution in [0.25, 0.3) is 0 Å². The van der Waals surface area contributed by atoms with E-state index in [4.69, 9.17) is 11.6 Å². The summed E-state index contributed by atoms with van der Waals surface area (Å²) >= 11 is 6.11. The van der Waals surface area contributed by atoms with Crippen LogP contribution in [-0.4, -0.2) is 22.9 Å². The summed E-state index contributed by atoms with van der Waals surface area (Å²) in [4.78, 5) is 0. The molecule has 0 saturated carbocycles. The summed E-state index contributed by atoms with van der Waals surface area (Å²) in [5, 5.41) is 8.18. The summed E-state index contributed by atoms with van der Waals surface area (Å²) in [5.74, 6) is -0.247. The lowest BCUT2D eigenvalue weighted by Gasteiger charge is -2.18. The molecule has 0 radical (unpaired) electrons. The van der Waals surface area contributed by atoms with Gasteiger partial charge in [0.15, 0.2) is 0 Å². The number of rotatable bonds is 6. The first-order valence-corrected chi connectivity index (χ1v) is 7.56. The summed E-state index contributed by atoms with van der Waals surface area (Å²) in [6.07, 6.45) is 1.34. The first-order valence-electron chi connectivity index (χ1n) is 7.18. The molecule has 0 aliphatic rings. The van der Waals surface area contributed by atoms with Gasteiger partial charge in [-0.15, -0.1) is 0 Å². The number of nitrogens with zero attached hydrogens (tertiary/aromatic N) is 2. The van der Waals surface area contributed by atoms with Gasteiger partial charge in [-0.1, -0.05) is 17.7 Å². The van der Waals surface area contributed by atoms with Crippen molar-refractivity contribution in [3.8, 4) is 0 Å². The Labute approximate surface area is 130 Å². The van der Waals surface area contributed by atoms with Gasteiger partial charge in [-0.2, -0.15) is 5.10 Å². The fraction of sp³-hybridized carbons (Fsp3) is 0.438. The molecule has 0 aliphatic carbocycles. The second-order valence-corrected chi connectivity index (χ2v) is 5.59. The Kier molecular flexibility index (Phi) is 5.37. The van der Waals surface area contributed by atoms with Crippen molar-refractivity contribution in [2.24, 2.45) is 0 Å². The molecule has 0 bridgehead atoms. The van der Waals surface area contributed by atoms with Crippen molar-refractivity contribution in [1.82, 2.24) is 15.1 Å². The molecule has 2 aromatic rings. The lowest BCUT2D eigenvalue weighted by molar-refractivity contribution is 0.507. The van der Waals surface area contributed by atoms with Crippen LogP contribution in [0, 0.1) is 12.7 Å². The van der Waals surface area contributed by atoms with Crippen LogP contribution in [0.4, 0.5) is 4.39 Å². The number of benzene rings is 1. The quantitative estimate of drug-likeness (QED) is 0.886. The summed E-state index contributed by atoms with van der Waals surface area (Å²) < 4.78 is 15.9. The van der Waals surface area contributed by atoms with Crippen molar-refractivity contribution < 1.29 is 4.39 Å². The predicted molar refractivity (Wildman–Crippen MR) is 84.3 cm³/mol. The summed E-state index contributed by atoms with van der Waals surface area (Å²) in [7, 11) is 1.89. The molecule has 21 heavy (non-hydrogen) atoms. The Morgan fingerprint density at radius 3 is 2.76 bits per heavy atom. The van der Waals surface area contributed by atoms with Crippen LogP contribution in [0.3, 0.4) is 0 Å². The number of hydrogen-bond donors (Lipinski definition) is 1. The first kappa shape index (κ1) is 16.0. The third-order valence-electron chi connectivity index (χ3n) is 3.66. The smallest absolute Gasteiger partial charge is 0.127 e. The Hall–Kier alpha value is -1.39. The molecule has 0 fully saturated rings. The molecule has 1 heterocycles. The molecule has 1 atom stereocenters. The third kappa shape index (κ3) is 3.83. The van der Waals surface area contributed by atoms with Crippen LogP contribution < -0.4 is 5.32 Å². The molecular weight excluding hydrogens is 289 g/mol. The average molecular weight is 310 g/mol. The van der Waals surface area contributed by atoms with Crippen LogP contribution in [0.1, 0.15) is 23.9 Å². The number of halogens is 2. The van der Waals surface area contributed by atoms with E-state index in [9.17, 15) is 4.39 Å². The molecule has 2 rings (SSSR count). The third-order valence-corrected chi connectivity index (χ3v) is 4.02. The lowest BCUT2D eigenvalue weighted by Crippen LogP contribution is -2.31. The second-order valence-electron chi connectivity index (χ2n) is 5.19. The topological polar surface area (TPSA) is 29.9 Å². The first-order chi connectivity index (χ1) is 10.0. The molecule has 0 aliphatic heterocycles. The van der Waals surface area contributed by atoms with E-state index < -0.39 is 0 Å². The zero-order chi connectivity index (χ0) is 15.4. The highest BCUT2D eigenvalue weighted by atomic mass is 35.5. The van der Waals surface area contributed by atoms with Gasteiger partial charge in [0.05, 0.1) is 5.69 Å². The van der Waals surface area contributed by atoms with E-state index in [2.05, 4.69) is 23.4 Å². The van der Waals surface area contributed by atoms with Gasteiger partial charge < -0.3 is 5.32 Å². The number of likely N-dealkylation sites (N-methyl/N-ethyl adjacent to an activating group) is 1. The maximum Gasteiger partial charge on any atom is 0.127 e. The minimum absolute atomic E-state index is 0.112. The number of nitrogens with one attached hydrogen (secondary N) is 1. The van der Waals surface area contributed by atoms with Crippen molar-refractivity contribution in [1.29, 1.82) is 0 Å². The maximum atomic E-state index is 13.9.